The van der Waals surface area contributed by atoms with Crippen LogP contribution in [0.3, 0.4) is 0 Å². The molecule has 0 aromatic heterocycles. The van der Waals surface area contributed by atoms with Gasteiger partial charge in [-0.3, -0.25) is 4.79 Å². The van der Waals surface area contributed by atoms with Gasteiger partial charge < -0.3 is 20.3 Å². The topological polar surface area (TPSA) is 95.9 Å². The zero-order chi connectivity index (χ0) is 15.0. The molecular formula is C14H17NO5. The number of carbonyl (C=O) groups excluding carboxylic acids is 1. The van der Waals surface area contributed by atoms with Crippen molar-refractivity contribution < 1.29 is 24.5 Å². The van der Waals surface area contributed by atoms with E-state index < -0.39 is 18.0 Å². The van der Waals surface area contributed by atoms with Crippen molar-refractivity contribution in [3.8, 4) is 5.75 Å². The van der Waals surface area contributed by atoms with E-state index in [-0.39, 0.29) is 25.3 Å². The van der Waals surface area contributed by atoms with Crippen molar-refractivity contribution in [2.24, 2.45) is 0 Å². The lowest BCUT2D eigenvalue weighted by atomic mass is 9.95. The molecule has 0 radical (unpaired) electrons. The predicted molar refractivity (Wildman–Crippen MR) is 72.6 cm³/mol. The van der Waals surface area contributed by atoms with Gasteiger partial charge in [-0.05, 0) is 17.7 Å². The minimum absolute atomic E-state index is 0.0483. The van der Waals surface area contributed by atoms with Crippen molar-refractivity contribution in [3.63, 3.8) is 0 Å². The summed E-state index contributed by atoms with van der Waals surface area (Å²) < 4.78 is 4.74. The molecule has 6 nitrogen and oxygen atoms in total. The minimum atomic E-state index is -0.986. The predicted octanol–water partition coefficient (Wildman–Crippen LogP) is 1.86. The number of amides is 1. The number of aliphatic carboxylic acids is 1. The van der Waals surface area contributed by atoms with Crippen LogP contribution in [0.2, 0.25) is 0 Å². The van der Waals surface area contributed by atoms with Crippen LogP contribution in [0.5, 0.6) is 5.75 Å². The lowest BCUT2D eigenvalue weighted by molar-refractivity contribution is -0.137. The summed E-state index contributed by atoms with van der Waals surface area (Å²) in [5.74, 6) is -1.39. The van der Waals surface area contributed by atoms with Crippen molar-refractivity contribution in [2.45, 2.75) is 12.3 Å². The number of alkyl carbamates (subject to hydrolysis) is 1. The van der Waals surface area contributed by atoms with Crippen LogP contribution in [0.15, 0.2) is 36.9 Å². The van der Waals surface area contributed by atoms with Crippen molar-refractivity contribution in [1.82, 2.24) is 5.32 Å². The fraction of sp³-hybridized carbons (Fsp3) is 0.286. The van der Waals surface area contributed by atoms with Gasteiger partial charge in [0.05, 0.1) is 6.42 Å². The highest BCUT2D eigenvalue weighted by Crippen LogP contribution is 2.22. The summed E-state index contributed by atoms with van der Waals surface area (Å²) in [6, 6.07) is 6.29. The largest absolute Gasteiger partial charge is 0.508 e. The van der Waals surface area contributed by atoms with Gasteiger partial charge in [0.2, 0.25) is 0 Å². The summed E-state index contributed by atoms with van der Waals surface area (Å²) in [6.07, 6.45) is 0.634. The summed E-state index contributed by atoms with van der Waals surface area (Å²) in [5, 5.41) is 20.8. The van der Waals surface area contributed by atoms with Crippen molar-refractivity contribution in [3.05, 3.63) is 42.5 Å². The number of carbonyl (C=O) groups is 2. The van der Waals surface area contributed by atoms with E-state index in [1.54, 1.807) is 12.1 Å². The van der Waals surface area contributed by atoms with Crippen molar-refractivity contribution in [2.75, 3.05) is 13.2 Å². The highest BCUT2D eigenvalue weighted by Gasteiger charge is 2.17. The number of aromatic hydroxyl groups is 1. The molecule has 0 aliphatic heterocycles. The van der Waals surface area contributed by atoms with Gasteiger partial charge in [0, 0.05) is 12.5 Å². The smallest absolute Gasteiger partial charge is 0.407 e. The molecule has 20 heavy (non-hydrogen) atoms. The Labute approximate surface area is 116 Å². The first kappa shape index (κ1) is 15.6. The van der Waals surface area contributed by atoms with Gasteiger partial charge >= 0.3 is 12.1 Å². The molecule has 6 heteroatoms. The average Bonchev–Trinajstić information content (AvgIpc) is 2.40. The molecule has 0 saturated heterocycles. The Morgan fingerprint density at radius 3 is 2.80 bits per heavy atom. The lowest BCUT2D eigenvalue weighted by Gasteiger charge is -2.16. The molecule has 1 unspecified atom stereocenters. The van der Waals surface area contributed by atoms with Crippen LogP contribution >= 0.6 is 0 Å². The number of phenols is 1. The summed E-state index contributed by atoms with van der Waals surface area (Å²) in [7, 11) is 0. The summed E-state index contributed by atoms with van der Waals surface area (Å²) >= 11 is 0. The highest BCUT2D eigenvalue weighted by molar-refractivity contribution is 5.69. The Morgan fingerprint density at radius 1 is 1.45 bits per heavy atom. The summed E-state index contributed by atoms with van der Waals surface area (Å²) in [6.45, 7) is 3.60. The Balaban J connectivity index is 2.67. The highest BCUT2D eigenvalue weighted by atomic mass is 16.5. The molecule has 0 spiro atoms. The van der Waals surface area contributed by atoms with Gasteiger partial charge in [0.1, 0.15) is 12.4 Å². The van der Waals surface area contributed by atoms with E-state index in [0.29, 0.717) is 5.56 Å². The van der Waals surface area contributed by atoms with E-state index >= 15 is 0 Å². The molecular weight excluding hydrogens is 262 g/mol. The van der Waals surface area contributed by atoms with Gasteiger partial charge in [-0.2, -0.15) is 0 Å². The van der Waals surface area contributed by atoms with Gasteiger partial charge in [0.25, 0.3) is 0 Å². The van der Waals surface area contributed by atoms with E-state index in [1.165, 1.54) is 18.2 Å². The lowest BCUT2D eigenvalue weighted by Crippen LogP contribution is -2.30. The van der Waals surface area contributed by atoms with Gasteiger partial charge in [-0.25, -0.2) is 4.79 Å². The molecule has 1 atom stereocenters. The molecule has 3 N–H and O–H groups in total. The van der Waals surface area contributed by atoms with Crippen LogP contribution in [0.1, 0.15) is 17.9 Å². The van der Waals surface area contributed by atoms with E-state index in [1.807, 2.05) is 0 Å². The number of ether oxygens (including phenoxy) is 1. The third-order valence-electron chi connectivity index (χ3n) is 2.59. The molecule has 1 rings (SSSR count). The Hall–Kier alpha value is -2.50. The third-order valence-corrected chi connectivity index (χ3v) is 2.59. The first-order valence-corrected chi connectivity index (χ1v) is 6.05. The number of phenolic OH excluding ortho intramolecular Hbond substituents is 1. The van der Waals surface area contributed by atoms with Gasteiger partial charge in [-0.1, -0.05) is 24.8 Å². The molecule has 0 fully saturated rings. The fourth-order valence-electron chi connectivity index (χ4n) is 1.69. The molecule has 1 amide bonds. The van der Waals surface area contributed by atoms with E-state index in [0.717, 1.165) is 0 Å². The number of rotatable bonds is 7. The SMILES string of the molecule is C=CCOC(=O)NCC(CC(=O)O)c1cccc(O)c1. The number of carboxylic acid groups (broad SMARTS) is 1. The van der Waals surface area contributed by atoms with E-state index in [4.69, 9.17) is 9.84 Å². The zero-order valence-electron chi connectivity index (χ0n) is 10.9. The molecule has 0 aliphatic carbocycles. The molecule has 1 aromatic rings. The summed E-state index contributed by atoms with van der Waals surface area (Å²) in [4.78, 5) is 22.2. The van der Waals surface area contributed by atoms with Crippen LogP contribution in [-0.4, -0.2) is 35.4 Å². The van der Waals surface area contributed by atoms with E-state index in [2.05, 4.69) is 11.9 Å². The second-order valence-electron chi connectivity index (χ2n) is 4.16. The molecule has 1 aromatic carbocycles. The van der Waals surface area contributed by atoms with Crippen molar-refractivity contribution in [1.29, 1.82) is 0 Å². The van der Waals surface area contributed by atoms with E-state index in [9.17, 15) is 14.7 Å². The van der Waals surface area contributed by atoms with Gasteiger partial charge in [0.15, 0.2) is 0 Å². The average molecular weight is 279 g/mol. The Kier molecular flexibility index (Phi) is 6.09. The van der Waals surface area contributed by atoms with Crippen LogP contribution in [0.4, 0.5) is 4.79 Å². The van der Waals surface area contributed by atoms with Crippen LogP contribution < -0.4 is 5.32 Å². The van der Waals surface area contributed by atoms with Crippen LogP contribution in [-0.2, 0) is 9.53 Å². The zero-order valence-corrected chi connectivity index (χ0v) is 10.9. The molecule has 0 bridgehead atoms. The number of hydrogen-bond donors (Lipinski definition) is 3. The normalized spacial score (nSPS) is 11.4. The maximum absolute atomic E-state index is 11.3. The molecule has 108 valence electrons. The summed E-state index contributed by atoms with van der Waals surface area (Å²) in [5.41, 5.74) is 0.636. The van der Waals surface area contributed by atoms with Crippen LogP contribution in [0, 0.1) is 0 Å². The third kappa shape index (κ3) is 5.43. The standard InChI is InChI=1S/C14H17NO5/c1-2-6-20-14(19)15-9-11(8-13(17)18)10-4-3-5-12(16)7-10/h2-5,7,11,16H,1,6,8-9H2,(H,15,19)(H,17,18). The molecule has 0 aliphatic rings. The Morgan fingerprint density at radius 2 is 2.20 bits per heavy atom. The molecule has 0 saturated carbocycles. The number of hydrogen-bond acceptors (Lipinski definition) is 4. The Bertz CT molecular complexity index is 486. The number of nitrogens with one attached hydrogen (secondary N) is 1. The van der Waals surface area contributed by atoms with Crippen molar-refractivity contribution >= 4 is 12.1 Å². The monoisotopic (exact) mass is 279 g/mol. The minimum Gasteiger partial charge on any atom is -0.508 e. The first-order chi connectivity index (χ1) is 9.52. The maximum atomic E-state index is 11.3. The number of carboxylic acids is 1. The quantitative estimate of drug-likeness (QED) is 0.662. The second-order valence-corrected chi connectivity index (χ2v) is 4.16. The fourth-order valence-corrected chi connectivity index (χ4v) is 1.69. The molecule has 0 heterocycles. The second kappa shape index (κ2) is 7.83. The van der Waals surface area contributed by atoms with Crippen LogP contribution in [0.25, 0.3) is 0 Å². The maximum Gasteiger partial charge on any atom is 0.407 e. The first-order valence-electron chi connectivity index (χ1n) is 6.05. The number of benzene rings is 1. The van der Waals surface area contributed by atoms with Gasteiger partial charge in [-0.15, -0.1) is 0 Å².